The number of amides is 3. The second-order valence-electron chi connectivity index (χ2n) is 8.61. The number of non-ortho nitro benzene ring substituents is 1. The second-order valence-corrected chi connectivity index (χ2v) is 8.61. The SMILES string of the molecule is CN1C(=O)[C@]2(C(c3ccc([N+](=O)[O-])cc3)=CC(=O)N2C(=O)OC(C)(C)C)c2ccccc21. The molecule has 0 saturated heterocycles. The standard InChI is InChI=1S/C23H21N3O6/c1-22(2,3)32-21(29)25-19(27)13-17(14-9-11-15(12-10-14)26(30)31)23(25)16-7-5-6-8-18(16)24(4)20(23)28/h5-13H,1-4H3/t23-/m1/s1. The highest BCUT2D eigenvalue weighted by atomic mass is 16.6. The Morgan fingerprint density at radius 1 is 1.06 bits per heavy atom. The maximum absolute atomic E-state index is 13.7. The van der Waals surface area contributed by atoms with Crippen LogP contribution in [0.25, 0.3) is 5.57 Å². The van der Waals surface area contributed by atoms with E-state index in [-0.39, 0.29) is 11.3 Å². The van der Waals surface area contributed by atoms with E-state index in [0.29, 0.717) is 16.8 Å². The fourth-order valence-corrected chi connectivity index (χ4v) is 4.18. The highest BCUT2D eigenvalue weighted by molar-refractivity contribution is 6.25. The van der Waals surface area contributed by atoms with E-state index in [2.05, 4.69) is 0 Å². The van der Waals surface area contributed by atoms with Gasteiger partial charge in [-0.1, -0.05) is 18.2 Å². The zero-order valence-electron chi connectivity index (χ0n) is 18.0. The molecule has 2 aliphatic heterocycles. The molecule has 1 atom stereocenters. The molecule has 0 bridgehead atoms. The number of ether oxygens (including phenoxy) is 1. The second kappa shape index (κ2) is 7.01. The Kier molecular flexibility index (Phi) is 4.65. The molecule has 9 nitrogen and oxygen atoms in total. The lowest BCUT2D eigenvalue weighted by Crippen LogP contribution is -2.55. The number of benzene rings is 2. The molecule has 9 heteroatoms. The third-order valence-corrected chi connectivity index (χ3v) is 5.45. The third kappa shape index (κ3) is 2.96. The van der Waals surface area contributed by atoms with E-state index in [1.54, 1.807) is 52.1 Å². The Bertz CT molecular complexity index is 1190. The molecule has 164 valence electrons. The summed E-state index contributed by atoms with van der Waals surface area (Å²) in [6.45, 7) is 5.00. The molecule has 0 aliphatic carbocycles. The smallest absolute Gasteiger partial charge is 0.418 e. The van der Waals surface area contributed by atoms with Crippen LogP contribution in [-0.4, -0.2) is 40.4 Å². The summed E-state index contributed by atoms with van der Waals surface area (Å²) in [5, 5.41) is 11.1. The van der Waals surface area contributed by atoms with Crippen LogP contribution in [0.4, 0.5) is 16.2 Å². The van der Waals surface area contributed by atoms with E-state index in [1.807, 2.05) is 0 Å². The molecule has 1 spiro atoms. The first kappa shape index (κ1) is 21.2. The zero-order valence-corrected chi connectivity index (χ0v) is 18.0. The van der Waals surface area contributed by atoms with Crippen LogP contribution >= 0.6 is 0 Å². The fourth-order valence-electron chi connectivity index (χ4n) is 4.18. The van der Waals surface area contributed by atoms with Crippen LogP contribution in [0, 0.1) is 10.1 Å². The van der Waals surface area contributed by atoms with Crippen molar-refractivity contribution in [2.24, 2.45) is 0 Å². The number of nitro benzene ring substituents is 1. The van der Waals surface area contributed by atoms with E-state index >= 15 is 0 Å². The summed E-state index contributed by atoms with van der Waals surface area (Å²) in [6, 6.07) is 12.4. The molecule has 32 heavy (non-hydrogen) atoms. The Morgan fingerprint density at radius 3 is 2.28 bits per heavy atom. The van der Waals surface area contributed by atoms with Gasteiger partial charge < -0.3 is 9.64 Å². The summed E-state index contributed by atoms with van der Waals surface area (Å²) in [7, 11) is 1.57. The van der Waals surface area contributed by atoms with Crippen LogP contribution in [0.1, 0.15) is 31.9 Å². The molecule has 2 aliphatic rings. The summed E-state index contributed by atoms with van der Waals surface area (Å²) in [6.07, 6.45) is 0.271. The first-order valence-corrected chi connectivity index (χ1v) is 9.90. The molecule has 3 amide bonds. The van der Waals surface area contributed by atoms with Crippen LogP contribution in [0.3, 0.4) is 0 Å². The van der Waals surface area contributed by atoms with E-state index in [9.17, 15) is 24.5 Å². The van der Waals surface area contributed by atoms with Crippen LogP contribution < -0.4 is 4.90 Å². The van der Waals surface area contributed by atoms with Gasteiger partial charge in [0.05, 0.1) is 4.92 Å². The number of hydrogen-bond donors (Lipinski definition) is 0. The molecule has 0 aromatic heterocycles. The van der Waals surface area contributed by atoms with Crippen molar-refractivity contribution in [3.63, 3.8) is 0 Å². The summed E-state index contributed by atoms with van der Waals surface area (Å²) in [4.78, 5) is 52.9. The first-order valence-electron chi connectivity index (χ1n) is 9.90. The lowest BCUT2D eigenvalue weighted by Gasteiger charge is -2.36. The molecule has 2 aromatic carbocycles. The lowest BCUT2D eigenvalue weighted by molar-refractivity contribution is -0.384. The summed E-state index contributed by atoms with van der Waals surface area (Å²) < 4.78 is 5.48. The highest BCUT2D eigenvalue weighted by Gasteiger charge is 2.63. The number of carbonyl (C=O) groups is 3. The number of imide groups is 1. The summed E-state index contributed by atoms with van der Waals surface area (Å²) in [5.74, 6) is -1.20. The predicted octanol–water partition coefficient (Wildman–Crippen LogP) is 3.63. The van der Waals surface area contributed by atoms with Gasteiger partial charge in [-0.25, -0.2) is 9.69 Å². The fraction of sp³-hybridized carbons (Fsp3) is 0.261. The molecule has 0 N–H and O–H groups in total. The molecule has 0 radical (unpaired) electrons. The average molecular weight is 435 g/mol. The van der Waals surface area contributed by atoms with Gasteiger partial charge in [-0.2, -0.15) is 0 Å². The number of rotatable bonds is 2. The predicted molar refractivity (Wildman–Crippen MR) is 116 cm³/mol. The molecular weight excluding hydrogens is 414 g/mol. The first-order chi connectivity index (χ1) is 15.0. The number of fused-ring (bicyclic) bond motifs is 2. The van der Waals surface area contributed by atoms with Crippen molar-refractivity contribution < 1.29 is 24.0 Å². The van der Waals surface area contributed by atoms with E-state index in [4.69, 9.17) is 4.74 Å². The number of likely N-dealkylation sites (N-methyl/N-ethyl adjacent to an activating group) is 1. The highest BCUT2D eigenvalue weighted by Crippen LogP contribution is 2.54. The van der Waals surface area contributed by atoms with Crippen LogP contribution in [-0.2, 0) is 19.9 Å². The Labute approximate surface area is 184 Å². The number of hydrogen-bond acceptors (Lipinski definition) is 6. The monoisotopic (exact) mass is 435 g/mol. The van der Waals surface area contributed by atoms with Crippen LogP contribution in [0.5, 0.6) is 0 Å². The van der Waals surface area contributed by atoms with E-state index in [1.165, 1.54) is 35.2 Å². The third-order valence-electron chi connectivity index (χ3n) is 5.45. The Balaban J connectivity index is 1.96. The quantitative estimate of drug-likeness (QED) is 0.526. The molecular formula is C23H21N3O6. The summed E-state index contributed by atoms with van der Waals surface area (Å²) in [5.41, 5.74) is -1.14. The number of carbonyl (C=O) groups excluding carboxylic acids is 3. The van der Waals surface area contributed by atoms with Crippen molar-refractivity contribution in [2.75, 3.05) is 11.9 Å². The topological polar surface area (TPSA) is 110 Å². The molecule has 2 heterocycles. The van der Waals surface area contributed by atoms with Gasteiger partial charge in [0.15, 0.2) is 5.54 Å². The van der Waals surface area contributed by atoms with Gasteiger partial charge in [0.2, 0.25) is 0 Å². The van der Waals surface area contributed by atoms with Gasteiger partial charge in [0.25, 0.3) is 17.5 Å². The normalized spacial score (nSPS) is 19.9. The van der Waals surface area contributed by atoms with Crippen molar-refractivity contribution in [3.05, 3.63) is 75.8 Å². The number of para-hydroxylation sites is 1. The largest absolute Gasteiger partial charge is 0.443 e. The molecule has 4 rings (SSSR count). The average Bonchev–Trinajstić information content (AvgIpc) is 3.15. The zero-order chi connectivity index (χ0) is 23.4. The van der Waals surface area contributed by atoms with Gasteiger partial charge in [-0.15, -0.1) is 0 Å². The molecule has 0 unspecified atom stereocenters. The maximum atomic E-state index is 13.7. The minimum Gasteiger partial charge on any atom is -0.443 e. The van der Waals surface area contributed by atoms with Crippen LogP contribution in [0.2, 0.25) is 0 Å². The van der Waals surface area contributed by atoms with Gasteiger partial charge in [-0.3, -0.25) is 19.7 Å². The number of anilines is 1. The van der Waals surface area contributed by atoms with Crippen molar-refractivity contribution in [1.29, 1.82) is 0 Å². The van der Waals surface area contributed by atoms with Crippen molar-refractivity contribution in [2.45, 2.75) is 31.9 Å². The molecule has 0 fully saturated rings. The Morgan fingerprint density at radius 2 is 1.69 bits per heavy atom. The molecule has 0 saturated carbocycles. The van der Waals surface area contributed by atoms with Gasteiger partial charge in [-0.05, 0) is 44.5 Å². The van der Waals surface area contributed by atoms with Crippen molar-refractivity contribution in [3.8, 4) is 0 Å². The number of nitrogens with zero attached hydrogens (tertiary/aromatic N) is 3. The Hall–Kier alpha value is -4.01. The van der Waals surface area contributed by atoms with Gasteiger partial charge in [0.1, 0.15) is 5.60 Å². The lowest BCUT2D eigenvalue weighted by atomic mass is 9.80. The number of nitro groups is 1. The minimum absolute atomic E-state index is 0.132. The van der Waals surface area contributed by atoms with E-state index < -0.39 is 34.0 Å². The maximum Gasteiger partial charge on any atom is 0.418 e. The summed E-state index contributed by atoms with van der Waals surface area (Å²) >= 11 is 0. The van der Waals surface area contributed by atoms with Gasteiger partial charge in [0, 0.05) is 42.1 Å². The van der Waals surface area contributed by atoms with Gasteiger partial charge >= 0.3 is 6.09 Å². The van der Waals surface area contributed by atoms with Crippen LogP contribution in [0.15, 0.2) is 54.6 Å². The molecule has 2 aromatic rings. The van der Waals surface area contributed by atoms with E-state index in [0.717, 1.165) is 4.90 Å². The van der Waals surface area contributed by atoms with Crippen molar-refractivity contribution in [1.82, 2.24) is 4.90 Å². The minimum atomic E-state index is -1.78. The van der Waals surface area contributed by atoms with Crippen molar-refractivity contribution >= 4 is 34.9 Å².